The van der Waals surface area contributed by atoms with Gasteiger partial charge in [-0.25, -0.2) is 8.42 Å². The predicted octanol–water partition coefficient (Wildman–Crippen LogP) is 1.41. The number of amides is 1. The molecule has 0 aromatic rings. The topological polar surface area (TPSA) is 98.5 Å². The molecule has 1 amide bonds. The Morgan fingerprint density at radius 1 is 1.33 bits per heavy atom. The van der Waals surface area contributed by atoms with Gasteiger partial charge in [0, 0.05) is 24.3 Å². The molecule has 0 radical (unpaired) electrons. The fourth-order valence-electron chi connectivity index (χ4n) is 4.02. The van der Waals surface area contributed by atoms with E-state index in [1.165, 1.54) is 19.3 Å². The molecule has 2 saturated carbocycles. The van der Waals surface area contributed by atoms with Crippen molar-refractivity contribution in [2.24, 2.45) is 11.1 Å². The van der Waals surface area contributed by atoms with E-state index < -0.39 is 15.9 Å². The number of rotatable bonds is 7. The third kappa shape index (κ3) is 5.07. The van der Waals surface area contributed by atoms with Crippen molar-refractivity contribution >= 4 is 28.2 Å². The first kappa shape index (κ1) is 21.7. The zero-order valence-electron chi connectivity index (χ0n) is 14.6. The van der Waals surface area contributed by atoms with Gasteiger partial charge >= 0.3 is 0 Å². The second-order valence-corrected chi connectivity index (χ2v) is 9.32. The highest BCUT2D eigenvalue weighted by Gasteiger charge is 2.56. The van der Waals surface area contributed by atoms with Gasteiger partial charge in [-0.1, -0.05) is 19.3 Å². The van der Waals surface area contributed by atoms with Crippen LogP contribution in [0.5, 0.6) is 0 Å². The minimum atomic E-state index is -3.10. The number of carbonyl (C=O) groups excluding carboxylic acids is 1. The third-order valence-corrected chi connectivity index (χ3v) is 6.37. The first-order valence-electron chi connectivity index (χ1n) is 8.64. The van der Waals surface area contributed by atoms with Crippen LogP contribution in [0, 0.1) is 5.41 Å². The van der Waals surface area contributed by atoms with E-state index in [1.54, 1.807) is 0 Å². The molecule has 24 heavy (non-hydrogen) atoms. The van der Waals surface area contributed by atoms with Gasteiger partial charge in [0.1, 0.15) is 9.84 Å². The van der Waals surface area contributed by atoms with Crippen molar-refractivity contribution in [3.8, 4) is 0 Å². The van der Waals surface area contributed by atoms with Gasteiger partial charge in [-0.05, 0) is 32.6 Å². The molecule has 0 aromatic carbocycles. The monoisotopic (exact) mass is 382 g/mol. The summed E-state index contributed by atoms with van der Waals surface area (Å²) in [5, 5.41) is 3.06. The summed E-state index contributed by atoms with van der Waals surface area (Å²) in [5.74, 6) is -0.294. The lowest BCUT2D eigenvalue weighted by atomic mass is 9.55. The first-order chi connectivity index (χ1) is 10.8. The summed E-state index contributed by atoms with van der Waals surface area (Å²) in [4.78, 5) is 12.3. The Morgan fingerprint density at radius 3 is 2.50 bits per heavy atom. The van der Waals surface area contributed by atoms with Crippen LogP contribution in [0.1, 0.15) is 51.9 Å². The van der Waals surface area contributed by atoms with Crippen LogP contribution in [0.15, 0.2) is 0 Å². The Morgan fingerprint density at radius 2 is 1.96 bits per heavy atom. The molecule has 0 bridgehead atoms. The number of hydrogen-bond donors (Lipinski definition) is 2. The Balaban J connectivity index is 0.00000288. The number of sulfone groups is 1. The van der Waals surface area contributed by atoms with E-state index in [2.05, 4.69) is 5.32 Å². The molecule has 142 valence electrons. The Labute approximate surface area is 151 Å². The lowest BCUT2D eigenvalue weighted by molar-refractivity contribution is -0.157. The number of ether oxygens (including phenoxy) is 1. The van der Waals surface area contributed by atoms with Crippen molar-refractivity contribution in [1.82, 2.24) is 5.32 Å². The highest BCUT2D eigenvalue weighted by molar-refractivity contribution is 7.90. The van der Waals surface area contributed by atoms with Crippen molar-refractivity contribution < 1.29 is 17.9 Å². The summed E-state index contributed by atoms with van der Waals surface area (Å²) in [6.07, 6.45) is 8.15. The molecule has 0 aliphatic heterocycles. The SMILES string of the molecule is CCOC1CC(NC(=O)C(N)CCS(C)(=O)=O)C12CCCCC2.Cl. The largest absolute Gasteiger partial charge is 0.378 e. The summed E-state index contributed by atoms with van der Waals surface area (Å²) in [7, 11) is -3.10. The second kappa shape index (κ2) is 8.83. The zero-order valence-corrected chi connectivity index (χ0v) is 16.3. The van der Waals surface area contributed by atoms with Crippen LogP contribution in [0.4, 0.5) is 0 Å². The normalized spacial score (nSPS) is 27.0. The first-order valence-corrected chi connectivity index (χ1v) is 10.7. The maximum atomic E-state index is 12.3. The van der Waals surface area contributed by atoms with Crippen molar-refractivity contribution in [1.29, 1.82) is 0 Å². The number of hydrogen-bond acceptors (Lipinski definition) is 5. The van der Waals surface area contributed by atoms with Crippen LogP contribution in [0.3, 0.4) is 0 Å². The molecule has 6 nitrogen and oxygen atoms in total. The lowest BCUT2D eigenvalue weighted by Crippen LogP contribution is -2.66. The molecule has 0 saturated heterocycles. The molecule has 2 rings (SSSR count). The summed E-state index contributed by atoms with van der Waals surface area (Å²) >= 11 is 0. The summed E-state index contributed by atoms with van der Waals surface area (Å²) < 4.78 is 28.3. The minimum absolute atomic E-state index is 0. The maximum Gasteiger partial charge on any atom is 0.237 e. The molecule has 8 heteroatoms. The van der Waals surface area contributed by atoms with Gasteiger partial charge in [0.25, 0.3) is 0 Å². The predicted molar refractivity (Wildman–Crippen MR) is 97.0 cm³/mol. The van der Waals surface area contributed by atoms with E-state index in [0.29, 0.717) is 6.61 Å². The minimum Gasteiger partial charge on any atom is -0.378 e. The summed E-state index contributed by atoms with van der Waals surface area (Å²) in [6.45, 7) is 2.70. The average molecular weight is 383 g/mol. The molecular weight excluding hydrogens is 352 g/mol. The van der Waals surface area contributed by atoms with Gasteiger partial charge in [-0.2, -0.15) is 0 Å². The van der Waals surface area contributed by atoms with Crippen molar-refractivity contribution in [2.45, 2.75) is 70.1 Å². The standard InChI is InChI=1S/C16H30N2O4S.ClH/c1-3-22-14-11-13(16(14)8-5-4-6-9-16)18-15(19)12(17)7-10-23(2,20)21;/h12-14H,3-11,17H2,1-2H3,(H,18,19);1H. The summed E-state index contributed by atoms with van der Waals surface area (Å²) in [6, 6.07) is -0.660. The highest BCUT2D eigenvalue weighted by atomic mass is 35.5. The maximum absolute atomic E-state index is 12.3. The van der Waals surface area contributed by atoms with Crippen LogP contribution < -0.4 is 11.1 Å². The van der Waals surface area contributed by atoms with E-state index in [-0.39, 0.29) is 48.0 Å². The van der Waals surface area contributed by atoms with E-state index in [9.17, 15) is 13.2 Å². The third-order valence-electron chi connectivity index (χ3n) is 5.39. The average Bonchev–Trinajstić information content (AvgIpc) is 2.51. The van der Waals surface area contributed by atoms with Gasteiger partial charge in [-0.3, -0.25) is 4.79 Å². The van der Waals surface area contributed by atoms with Gasteiger partial charge in [0.15, 0.2) is 0 Å². The Bertz CT molecular complexity index is 520. The molecular formula is C16H31ClN2O4S. The quantitative estimate of drug-likeness (QED) is 0.693. The van der Waals surface area contributed by atoms with E-state index >= 15 is 0 Å². The fraction of sp³-hybridized carbons (Fsp3) is 0.938. The van der Waals surface area contributed by atoms with Crippen LogP contribution >= 0.6 is 12.4 Å². The van der Waals surface area contributed by atoms with E-state index in [4.69, 9.17) is 10.5 Å². The Kier molecular flexibility index (Phi) is 7.97. The molecule has 2 aliphatic carbocycles. The van der Waals surface area contributed by atoms with Gasteiger partial charge in [0.05, 0.1) is 17.9 Å². The van der Waals surface area contributed by atoms with Crippen molar-refractivity contribution in [3.63, 3.8) is 0 Å². The number of nitrogens with one attached hydrogen (secondary N) is 1. The summed E-state index contributed by atoms with van der Waals surface area (Å²) in [5.41, 5.74) is 5.91. The molecule has 0 heterocycles. The smallest absolute Gasteiger partial charge is 0.237 e. The Hall–Kier alpha value is -0.370. The molecule has 2 fully saturated rings. The second-order valence-electron chi connectivity index (χ2n) is 7.06. The number of halogens is 1. The van der Waals surface area contributed by atoms with E-state index in [0.717, 1.165) is 25.5 Å². The molecule has 0 aromatic heterocycles. The molecule has 3 atom stereocenters. The lowest BCUT2D eigenvalue weighted by Gasteiger charge is -2.57. The van der Waals surface area contributed by atoms with Crippen molar-refractivity contribution in [2.75, 3.05) is 18.6 Å². The number of nitrogens with two attached hydrogens (primary N) is 1. The van der Waals surface area contributed by atoms with Gasteiger partial charge in [-0.15, -0.1) is 12.4 Å². The molecule has 2 aliphatic rings. The molecule has 3 unspecified atom stereocenters. The molecule has 3 N–H and O–H groups in total. The van der Waals surface area contributed by atoms with E-state index in [1.807, 2.05) is 6.92 Å². The van der Waals surface area contributed by atoms with Crippen LogP contribution in [0.25, 0.3) is 0 Å². The van der Waals surface area contributed by atoms with Crippen molar-refractivity contribution in [3.05, 3.63) is 0 Å². The van der Waals surface area contributed by atoms with Crippen LogP contribution in [0.2, 0.25) is 0 Å². The van der Waals surface area contributed by atoms with Crippen LogP contribution in [-0.2, 0) is 19.4 Å². The molecule has 1 spiro atoms. The van der Waals surface area contributed by atoms with Gasteiger partial charge in [0.2, 0.25) is 5.91 Å². The zero-order chi connectivity index (χ0) is 17.1. The number of carbonyl (C=O) groups is 1. The fourth-order valence-corrected chi connectivity index (χ4v) is 4.70. The van der Waals surface area contributed by atoms with Gasteiger partial charge < -0.3 is 15.8 Å². The van der Waals surface area contributed by atoms with Crippen LogP contribution in [-0.4, -0.2) is 51.1 Å². The highest BCUT2D eigenvalue weighted by Crippen LogP contribution is 2.53.